The van der Waals surface area contributed by atoms with Crippen LogP contribution in [0.2, 0.25) is 0 Å². The lowest BCUT2D eigenvalue weighted by Gasteiger charge is -1.98. The van der Waals surface area contributed by atoms with Gasteiger partial charge in [0.15, 0.2) is 5.58 Å². The molecular formula is C13H9N3O2. The molecule has 2 heterocycles. The number of nitrogens with one attached hydrogen (secondary N) is 1. The Bertz CT molecular complexity index is 659. The van der Waals surface area contributed by atoms with Crippen LogP contribution >= 0.6 is 0 Å². The van der Waals surface area contributed by atoms with Gasteiger partial charge in [0, 0.05) is 6.20 Å². The lowest BCUT2D eigenvalue weighted by molar-refractivity contribution is 0.101. The molecule has 0 radical (unpaired) electrons. The van der Waals surface area contributed by atoms with Crippen molar-refractivity contribution in [2.45, 2.75) is 0 Å². The summed E-state index contributed by atoms with van der Waals surface area (Å²) < 4.78 is 5.39. The second-order valence-corrected chi connectivity index (χ2v) is 3.66. The Labute approximate surface area is 102 Å². The first-order chi connectivity index (χ1) is 8.83. The fraction of sp³-hybridized carbons (Fsp3) is 0. The van der Waals surface area contributed by atoms with E-state index in [0.29, 0.717) is 16.8 Å². The number of hydrogen-bond donors (Lipinski definition) is 1. The van der Waals surface area contributed by atoms with Gasteiger partial charge in [-0.15, -0.1) is 0 Å². The summed E-state index contributed by atoms with van der Waals surface area (Å²) in [5, 5.41) is 2.57. The van der Waals surface area contributed by atoms with Crippen LogP contribution in [0.25, 0.3) is 11.1 Å². The fourth-order valence-corrected chi connectivity index (χ4v) is 1.58. The monoisotopic (exact) mass is 239 g/mol. The number of oxazole rings is 1. The topological polar surface area (TPSA) is 68.0 Å². The van der Waals surface area contributed by atoms with Crippen LogP contribution in [0.3, 0.4) is 0 Å². The van der Waals surface area contributed by atoms with Crippen LogP contribution in [-0.2, 0) is 0 Å². The van der Waals surface area contributed by atoms with Crippen molar-refractivity contribution in [1.82, 2.24) is 9.97 Å². The zero-order valence-corrected chi connectivity index (χ0v) is 9.33. The molecule has 0 saturated carbocycles. The molecular weight excluding hydrogens is 230 g/mol. The molecule has 0 bridgehead atoms. The van der Waals surface area contributed by atoms with Crippen molar-refractivity contribution in [2.24, 2.45) is 0 Å². The van der Waals surface area contributed by atoms with E-state index in [1.165, 1.54) is 0 Å². The molecule has 1 aromatic carbocycles. The number of carbonyl (C=O) groups is 1. The second-order valence-electron chi connectivity index (χ2n) is 3.66. The number of aromatic nitrogens is 2. The highest BCUT2D eigenvalue weighted by Crippen LogP contribution is 2.18. The van der Waals surface area contributed by atoms with Crippen molar-refractivity contribution >= 4 is 23.0 Å². The fourth-order valence-electron chi connectivity index (χ4n) is 1.58. The predicted molar refractivity (Wildman–Crippen MR) is 66.2 cm³/mol. The van der Waals surface area contributed by atoms with Gasteiger partial charge in [0.05, 0.1) is 0 Å². The van der Waals surface area contributed by atoms with Crippen molar-refractivity contribution in [1.29, 1.82) is 0 Å². The molecule has 0 fully saturated rings. The summed E-state index contributed by atoms with van der Waals surface area (Å²) in [5.41, 5.74) is 1.65. The van der Waals surface area contributed by atoms with Gasteiger partial charge >= 0.3 is 6.01 Å². The van der Waals surface area contributed by atoms with E-state index in [1.54, 1.807) is 30.5 Å². The zero-order chi connectivity index (χ0) is 12.4. The maximum Gasteiger partial charge on any atom is 0.302 e. The number of rotatable bonds is 2. The van der Waals surface area contributed by atoms with Gasteiger partial charge in [0.2, 0.25) is 0 Å². The van der Waals surface area contributed by atoms with Crippen LogP contribution in [0.1, 0.15) is 10.5 Å². The van der Waals surface area contributed by atoms with E-state index in [-0.39, 0.29) is 11.9 Å². The maximum atomic E-state index is 11.8. The van der Waals surface area contributed by atoms with Crippen molar-refractivity contribution in [2.75, 3.05) is 5.32 Å². The second kappa shape index (κ2) is 4.29. The zero-order valence-electron chi connectivity index (χ0n) is 9.33. The molecule has 1 N–H and O–H groups in total. The number of para-hydroxylation sites is 2. The summed E-state index contributed by atoms with van der Waals surface area (Å²) in [6, 6.07) is 12.6. The third kappa shape index (κ3) is 1.93. The van der Waals surface area contributed by atoms with Crippen molar-refractivity contribution < 1.29 is 9.21 Å². The predicted octanol–water partition coefficient (Wildman–Crippen LogP) is 2.48. The molecule has 2 aromatic heterocycles. The Morgan fingerprint density at radius 2 is 1.94 bits per heavy atom. The minimum atomic E-state index is -0.345. The van der Waals surface area contributed by atoms with Crippen LogP contribution in [0, 0.1) is 0 Å². The van der Waals surface area contributed by atoms with Gasteiger partial charge in [0.25, 0.3) is 5.91 Å². The average Bonchev–Trinajstić information content (AvgIpc) is 2.82. The van der Waals surface area contributed by atoms with Crippen molar-refractivity contribution in [3.8, 4) is 0 Å². The molecule has 3 aromatic rings. The molecule has 0 unspecified atom stereocenters. The van der Waals surface area contributed by atoms with Gasteiger partial charge in [-0.1, -0.05) is 18.2 Å². The summed E-state index contributed by atoms with van der Waals surface area (Å²) in [4.78, 5) is 19.9. The van der Waals surface area contributed by atoms with Crippen LogP contribution in [0.15, 0.2) is 53.1 Å². The van der Waals surface area contributed by atoms with Gasteiger partial charge in [0.1, 0.15) is 11.2 Å². The number of benzene rings is 1. The standard InChI is InChI=1S/C13H9N3O2/c17-12(10-6-3-4-8-14-10)16-13-15-9-5-1-2-7-11(9)18-13/h1-8H,(H,15,16,17). The molecule has 0 aliphatic heterocycles. The molecule has 5 heteroatoms. The van der Waals surface area contributed by atoms with Gasteiger partial charge < -0.3 is 4.42 Å². The molecule has 0 spiro atoms. The number of carbonyl (C=O) groups excluding carboxylic acids is 1. The van der Waals surface area contributed by atoms with E-state index < -0.39 is 0 Å². The first kappa shape index (κ1) is 10.5. The third-order valence-electron chi connectivity index (χ3n) is 2.41. The summed E-state index contributed by atoms with van der Waals surface area (Å²) in [7, 11) is 0. The molecule has 0 saturated heterocycles. The molecule has 3 rings (SSSR count). The van der Waals surface area contributed by atoms with E-state index in [4.69, 9.17) is 4.42 Å². The number of anilines is 1. The summed E-state index contributed by atoms with van der Waals surface area (Å²) in [5.74, 6) is -0.345. The number of hydrogen-bond acceptors (Lipinski definition) is 4. The highest BCUT2D eigenvalue weighted by atomic mass is 16.4. The number of amides is 1. The number of nitrogens with zero attached hydrogens (tertiary/aromatic N) is 2. The Morgan fingerprint density at radius 1 is 1.11 bits per heavy atom. The quantitative estimate of drug-likeness (QED) is 0.745. The van der Waals surface area contributed by atoms with E-state index in [2.05, 4.69) is 15.3 Å². The molecule has 18 heavy (non-hydrogen) atoms. The van der Waals surface area contributed by atoms with Crippen LogP contribution < -0.4 is 5.32 Å². The van der Waals surface area contributed by atoms with Gasteiger partial charge in [-0.2, -0.15) is 4.98 Å². The van der Waals surface area contributed by atoms with E-state index in [0.717, 1.165) is 0 Å². The number of fused-ring (bicyclic) bond motifs is 1. The van der Waals surface area contributed by atoms with Gasteiger partial charge in [-0.05, 0) is 24.3 Å². The highest BCUT2D eigenvalue weighted by Gasteiger charge is 2.11. The first-order valence-electron chi connectivity index (χ1n) is 5.41. The lowest BCUT2D eigenvalue weighted by atomic mass is 10.3. The van der Waals surface area contributed by atoms with Crippen LogP contribution in [0.5, 0.6) is 0 Å². The average molecular weight is 239 g/mol. The minimum Gasteiger partial charge on any atom is -0.423 e. The smallest absolute Gasteiger partial charge is 0.302 e. The largest absolute Gasteiger partial charge is 0.423 e. The molecule has 5 nitrogen and oxygen atoms in total. The minimum absolute atomic E-state index is 0.173. The first-order valence-corrected chi connectivity index (χ1v) is 5.41. The molecule has 1 amide bonds. The maximum absolute atomic E-state index is 11.8. The summed E-state index contributed by atoms with van der Waals surface area (Å²) in [6.07, 6.45) is 1.56. The molecule has 0 atom stereocenters. The van der Waals surface area contributed by atoms with Crippen LogP contribution in [-0.4, -0.2) is 15.9 Å². The Kier molecular flexibility index (Phi) is 2.49. The molecule has 0 aliphatic rings. The summed E-state index contributed by atoms with van der Waals surface area (Å²) >= 11 is 0. The third-order valence-corrected chi connectivity index (χ3v) is 2.41. The van der Waals surface area contributed by atoms with E-state index in [1.807, 2.05) is 18.2 Å². The summed E-state index contributed by atoms with van der Waals surface area (Å²) in [6.45, 7) is 0. The van der Waals surface area contributed by atoms with E-state index >= 15 is 0 Å². The Hall–Kier alpha value is -2.69. The van der Waals surface area contributed by atoms with Gasteiger partial charge in [-0.25, -0.2) is 0 Å². The lowest BCUT2D eigenvalue weighted by Crippen LogP contribution is -2.13. The van der Waals surface area contributed by atoms with Crippen molar-refractivity contribution in [3.63, 3.8) is 0 Å². The normalized spacial score (nSPS) is 10.4. The Balaban J connectivity index is 1.86. The van der Waals surface area contributed by atoms with Gasteiger partial charge in [-0.3, -0.25) is 15.1 Å². The van der Waals surface area contributed by atoms with Crippen molar-refractivity contribution in [3.05, 3.63) is 54.4 Å². The SMILES string of the molecule is O=C(Nc1nc2ccccc2o1)c1ccccn1. The van der Waals surface area contributed by atoms with Crippen LogP contribution in [0.4, 0.5) is 6.01 Å². The number of pyridine rings is 1. The molecule has 0 aliphatic carbocycles. The Morgan fingerprint density at radius 3 is 2.72 bits per heavy atom. The highest BCUT2D eigenvalue weighted by molar-refractivity contribution is 6.02. The van der Waals surface area contributed by atoms with E-state index in [9.17, 15) is 4.79 Å². The molecule has 88 valence electrons.